The lowest BCUT2D eigenvalue weighted by Gasteiger charge is -2.35. The molecule has 2 aliphatic rings. The Morgan fingerprint density at radius 2 is 1.89 bits per heavy atom. The van der Waals surface area contributed by atoms with E-state index in [1.54, 1.807) is 0 Å². The molecular formula is C16H30N2O. The molecule has 2 unspecified atom stereocenters. The van der Waals surface area contributed by atoms with Gasteiger partial charge >= 0.3 is 0 Å². The Morgan fingerprint density at radius 3 is 2.42 bits per heavy atom. The van der Waals surface area contributed by atoms with E-state index in [9.17, 15) is 4.79 Å². The van der Waals surface area contributed by atoms with Gasteiger partial charge in [0.2, 0.25) is 5.91 Å². The molecule has 1 saturated heterocycles. The van der Waals surface area contributed by atoms with Crippen LogP contribution in [0.4, 0.5) is 0 Å². The first-order chi connectivity index (χ1) is 9.06. The Hall–Kier alpha value is -0.570. The Labute approximate surface area is 117 Å². The Morgan fingerprint density at radius 1 is 1.21 bits per heavy atom. The van der Waals surface area contributed by atoms with Crippen molar-refractivity contribution in [3.8, 4) is 0 Å². The highest BCUT2D eigenvalue weighted by atomic mass is 16.2. The monoisotopic (exact) mass is 266 g/mol. The van der Waals surface area contributed by atoms with Crippen molar-refractivity contribution in [2.45, 2.75) is 65.3 Å². The maximum Gasteiger partial charge on any atom is 0.228 e. The largest absolute Gasteiger partial charge is 0.353 e. The Bertz CT molecular complexity index is 302. The molecule has 1 amide bonds. The smallest absolute Gasteiger partial charge is 0.228 e. The van der Waals surface area contributed by atoms with Crippen LogP contribution in [0.3, 0.4) is 0 Å². The third kappa shape index (κ3) is 3.13. The lowest BCUT2D eigenvalue weighted by atomic mass is 9.75. The average molecular weight is 266 g/mol. The fourth-order valence-electron chi connectivity index (χ4n) is 3.76. The van der Waals surface area contributed by atoms with Crippen LogP contribution in [0.15, 0.2) is 0 Å². The normalized spacial score (nSPS) is 30.5. The third-order valence-electron chi connectivity index (χ3n) is 5.46. The Kier molecular flexibility index (Phi) is 4.88. The minimum atomic E-state index is -0.178. The molecule has 1 saturated carbocycles. The molecule has 2 N–H and O–H groups in total. The molecule has 19 heavy (non-hydrogen) atoms. The second kappa shape index (κ2) is 6.25. The summed E-state index contributed by atoms with van der Waals surface area (Å²) >= 11 is 0. The van der Waals surface area contributed by atoms with Crippen molar-refractivity contribution in [2.24, 2.45) is 17.3 Å². The molecule has 0 aromatic rings. The van der Waals surface area contributed by atoms with E-state index in [0.717, 1.165) is 19.5 Å². The van der Waals surface area contributed by atoms with Crippen LogP contribution < -0.4 is 10.6 Å². The van der Waals surface area contributed by atoms with E-state index in [0.29, 0.717) is 17.9 Å². The van der Waals surface area contributed by atoms with Gasteiger partial charge in [-0.2, -0.15) is 0 Å². The van der Waals surface area contributed by atoms with Crippen molar-refractivity contribution >= 4 is 5.91 Å². The highest BCUT2D eigenvalue weighted by molar-refractivity contribution is 5.83. The predicted octanol–water partition coefficient (Wildman–Crippen LogP) is 2.71. The van der Waals surface area contributed by atoms with Crippen LogP contribution in [0.1, 0.15) is 59.3 Å². The number of nitrogens with one attached hydrogen (secondary N) is 2. The van der Waals surface area contributed by atoms with E-state index in [4.69, 9.17) is 0 Å². The first-order valence-electron chi connectivity index (χ1n) is 8.08. The van der Waals surface area contributed by atoms with Crippen LogP contribution >= 0.6 is 0 Å². The molecule has 1 aliphatic carbocycles. The van der Waals surface area contributed by atoms with Gasteiger partial charge in [-0.25, -0.2) is 0 Å². The topological polar surface area (TPSA) is 41.1 Å². The standard InChI is InChI=1S/C16H30N2O/c1-12(2)16(9-10-17-11-16)15(19)18-13(3)14-7-5-4-6-8-14/h12-14,17H,4-11H2,1-3H3,(H,18,19). The fraction of sp³-hybridized carbons (Fsp3) is 0.938. The highest BCUT2D eigenvalue weighted by Gasteiger charge is 2.44. The second-order valence-electron chi connectivity index (χ2n) is 6.90. The lowest BCUT2D eigenvalue weighted by Crippen LogP contribution is -2.50. The number of carbonyl (C=O) groups is 1. The molecule has 0 spiro atoms. The van der Waals surface area contributed by atoms with Gasteiger partial charge in [0.05, 0.1) is 5.41 Å². The summed E-state index contributed by atoms with van der Waals surface area (Å²) in [6, 6.07) is 0.337. The van der Waals surface area contributed by atoms with Crippen molar-refractivity contribution in [3.05, 3.63) is 0 Å². The number of carbonyl (C=O) groups excluding carboxylic acids is 1. The molecule has 1 heterocycles. The van der Waals surface area contributed by atoms with E-state index >= 15 is 0 Å². The zero-order valence-corrected chi connectivity index (χ0v) is 12.8. The van der Waals surface area contributed by atoms with Gasteiger partial charge in [-0.05, 0) is 44.6 Å². The van der Waals surface area contributed by atoms with Gasteiger partial charge < -0.3 is 10.6 Å². The molecule has 2 fully saturated rings. The van der Waals surface area contributed by atoms with Crippen LogP contribution in [0.5, 0.6) is 0 Å². The second-order valence-corrected chi connectivity index (χ2v) is 6.90. The zero-order chi connectivity index (χ0) is 13.9. The maximum atomic E-state index is 12.7. The maximum absolute atomic E-state index is 12.7. The summed E-state index contributed by atoms with van der Waals surface area (Å²) in [6.45, 7) is 8.37. The van der Waals surface area contributed by atoms with E-state index in [1.165, 1.54) is 32.1 Å². The predicted molar refractivity (Wildman–Crippen MR) is 78.9 cm³/mol. The molecule has 0 aromatic heterocycles. The van der Waals surface area contributed by atoms with Crippen LogP contribution in [0, 0.1) is 17.3 Å². The Balaban J connectivity index is 1.95. The first kappa shape index (κ1) is 14.8. The van der Waals surface area contributed by atoms with Crippen LogP contribution in [-0.2, 0) is 4.79 Å². The van der Waals surface area contributed by atoms with E-state index in [1.807, 2.05) is 0 Å². The summed E-state index contributed by atoms with van der Waals surface area (Å²) in [6.07, 6.45) is 7.59. The summed E-state index contributed by atoms with van der Waals surface area (Å²) in [5.41, 5.74) is -0.178. The number of amides is 1. The summed E-state index contributed by atoms with van der Waals surface area (Å²) in [5.74, 6) is 1.38. The van der Waals surface area contributed by atoms with Crippen molar-refractivity contribution in [1.29, 1.82) is 0 Å². The number of rotatable bonds is 4. The molecule has 3 heteroatoms. The SMILES string of the molecule is CC(NC(=O)C1(C(C)C)CCNC1)C1CCCCC1. The molecular weight excluding hydrogens is 236 g/mol. The lowest BCUT2D eigenvalue weighted by molar-refractivity contribution is -0.133. The summed E-state index contributed by atoms with van der Waals surface area (Å²) in [5, 5.41) is 6.70. The van der Waals surface area contributed by atoms with Crippen molar-refractivity contribution < 1.29 is 4.79 Å². The van der Waals surface area contributed by atoms with E-state index < -0.39 is 0 Å². The first-order valence-corrected chi connectivity index (χ1v) is 8.08. The summed E-state index contributed by atoms with van der Waals surface area (Å²) in [7, 11) is 0. The number of hydrogen-bond donors (Lipinski definition) is 2. The third-order valence-corrected chi connectivity index (χ3v) is 5.46. The van der Waals surface area contributed by atoms with E-state index in [-0.39, 0.29) is 11.3 Å². The van der Waals surface area contributed by atoms with Gasteiger partial charge in [-0.3, -0.25) is 4.79 Å². The molecule has 2 atom stereocenters. The van der Waals surface area contributed by atoms with Crippen LogP contribution in [0.25, 0.3) is 0 Å². The van der Waals surface area contributed by atoms with Gasteiger partial charge in [-0.15, -0.1) is 0 Å². The molecule has 110 valence electrons. The zero-order valence-electron chi connectivity index (χ0n) is 12.8. The van der Waals surface area contributed by atoms with E-state index in [2.05, 4.69) is 31.4 Å². The molecule has 3 nitrogen and oxygen atoms in total. The van der Waals surface area contributed by atoms with Gasteiger partial charge in [0.25, 0.3) is 0 Å². The molecule has 0 bridgehead atoms. The number of hydrogen-bond acceptors (Lipinski definition) is 2. The quantitative estimate of drug-likeness (QED) is 0.821. The van der Waals surface area contributed by atoms with Gasteiger partial charge in [0.15, 0.2) is 0 Å². The molecule has 2 rings (SSSR count). The van der Waals surface area contributed by atoms with Crippen molar-refractivity contribution in [3.63, 3.8) is 0 Å². The average Bonchev–Trinajstić information content (AvgIpc) is 2.90. The van der Waals surface area contributed by atoms with Crippen molar-refractivity contribution in [2.75, 3.05) is 13.1 Å². The summed E-state index contributed by atoms with van der Waals surface area (Å²) < 4.78 is 0. The van der Waals surface area contributed by atoms with Gasteiger partial charge in [0, 0.05) is 12.6 Å². The minimum Gasteiger partial charge on any atom is -0.353 e. The van der Waals surface area contributed by atoms with Gasteiger partial charge in [-0.1, -0.05) is 33.1 Å². The van der Waals surface area contributed by atoms with Gasteiger partial charge in [0.1, 0.15) is 0 Å². The van der Waals surface area contributed by atoms with Crippen molar-refractivity contribution in [1.82, 2.24) is 10.6 Å². The minimum absolute atomic E-state index is 0.178. The van der Waals surface area contributed by atoms with Crippen LogP contribution in [0.2, 0.25) is 0 Å². The fourth-order valence-corrected chi connectivity index (χ4v) is 3.76. The molecule has 0 aromatic carbocycles. The molecule has 1 aliphatic heterocycles. The summed E-state index contributed by atoms with van der Waals surface area (Å²) in [4.78, 5) is 12.7. The van der Waals surface area contributed by atoms with Crippen LogP contribution in [-0.4, -0.2) is 25.0 Å². The molecule has 0 radical (unpaired) electrons. The highest BCUT2D eigenvalue weighted by Crippen LogP contribution is 2.35.